The molecule has 1 heterocycles. The largest absolute Gasteiger partial charge is 0.507 e. The molecule has 0 saturated heterocycles. The zero-order chi connectivity index (χ0) is 12.3. The third kappa shape index (κ3) is 2.82. The molecule has 88 valence electrons. The number of carbonyl (C=O) groups is 1. The standard InChI is InChI=1S/C12H11NO3S/c14-10-4-2-1-3-9(10)12-13-7-8(17-12)5-6-11(15)16/h1-4,7,14H,5-6H2,(H,15,16). The summed E-state index contributed by atoms with van der Waals surface area (Å²) in [6.45, 7) is 0. The van der Waals surface area contributed by atoms with Gasteiger partial charge in [0, 0.05) is 11.1 Å². The number of rotatable bonds is 4. The number of carboxylic acid groups (broad SMARTS) is 1. The van der Waals surface area contributed by atoms with E-state index >= 15 is 0 Å². The van der Waals surface area contributed by atoms with Crippen molar-refractivity contribution in [3.05, 3.63) is 35.3 Å². The van der Waals surface area contributed by atoms with E-state index in [0.717, 1.165) is 4.88 Å². The van der Waals surface area contributed by atoms with Gasteiger partial charge in [0.05, 0.1) is 12.0 Å². The van der Waals surface area contributed by atoms with E-state index in [1.165, 1.54) is 11.3 Å². The van der Waals surface area contributed by atoms with E-state index in [1.807, 2.05) is 6.07 Å². The van der Waals surface area contributed by atoms with Gasteiger partial charge >= 0.3 is 5.97 Å². The Morgan fingerprint density at radius 2 is 2.12 bits per heavy atom. The molecule has 1 aromatic heterocycles. The first-order valence-electron chi connectivity index (χ1n) is 5.11. The van der Waals surface area contributed by atoms with Crippen LogP contribution in [0.1, 0.15) is 11.3 Å². The highest BCUT2D eigenvalue weighted by molar-refractivity contribution is 7.15. The summed E-state index contributed by atoms with van der Waals surface area (Å²) >= 11 is 1.41. The van der Waals surface area contributed by atoms with Crippen molar-refractivity contribution in [2.75, 3.05) is 0 Å². The topological polar surface area (TPSA) is 70.4 Å². The summed E-state index contributed by atoms with van der Waals surface area (Å²) in [5, 5.41) is 19.0. The van der Waals surface area contributed by atoms with E-state index in [0.29, 0.717) is 17.0 Å². The molecule has 0 fully saturated rings. The van der Waals surface area contributed by atoms with Gasteiger partial charge in [0.15, 0.2) is 0 Å². The zero-order valence-electron chi connectivity index (χ0n) is 8.96. The molecular formula is C12H11NO3S. The summed E-state index contributed by atoms with van der Waals surface area (Å²) in [6.07, 6.45) is 2.23. The number of thiazole rings is 1. The Morgan fingerprint density at radius 1 is 1.35 bits per heavy atom. The molecular weight excluding hydrogens is 238 g/mol. The molecule has 0 amide bonds. The maximum atomic E-state index is 10.4. The minimum atomic E-state index is -0.817. The highest BCUT2D eigenvalue weighted by atomic mass is 32.1. The Morgan fingerprint density at radius 3 is 2.82 bits per heavy atom. The molecule has 0 aliphatic heterocycles. The number of para-hydroxylation sites is 1. The van der Waals surface area contributed by atoms with Gasteiger partial charge in [-0.15, -0.1) is 11.3 Å². The predicted molar refractivity (Wildman–Crippen MR) is 65.2 cm³/mol. The minimum Gasteiger partial charge on any atom is -0.507 e. The van der Waals surface area contributed by atoms with Crippen LogP contribution in [0.2, 0.25) is 0 Å². The van der Waals surface area contributed by atoms with Gasteiger partial charge in [-0.3, -0.25) is 4.79 Å². The number of aliphatic carboxylic acids is 1. The van der Waals surface area contributed by atoms with Crippen molar-refractivity contribution in [1.82, 2.24) is 4.98 Å². The first kappa shape index (κ1) is 11.6. The van der Waals surface area contributed by atoms with Crippen LogP contribution in [0.3, 0.4) is 0 Å². The van der Waals surface area contributed by atoms with Crippen molar-refractivity contribution in [2.24, 2.45) is 0 Å². The summed E-state index contributed by atoms with van der Waals surface area (Å²) in [5.41, 5.74) is 0.680. The van der Waals surface area contributed by atoms with Gasteiger partial charge in [-0.25, -0.2) is 4.98 Å². The number of aryl methyl sites for hydroxylation is 1. The molecule has 0 bridgehead atoms. The predicted octanol–water partition coefficient (Wildman–Crippen LogP) is 2.53. The minimum absolute atomic E-state index is 0.0996. The number of aromatic hydroxyl groups is 1. The maximum absolute atomic E-state index is 10.4. The quantitative estimate of drug-likeness (QED) is 0.873. The van der Waals surface area contributed by atoms with Crippen LogP contribution < -0.4 is 0 Å². The molecule has 0 aliphatic rings. The molecule has 0 aliphatic carbocycles. The number of nitrogens with zero attached hydrogens (tertiary/aromatic N) is 1. The molecule has 5 heteroatoms. The smallest absolute Gasteiger partial charge is 0.303 e. The number of benzene rings is 1. The van der Waals surface area contributed by atoms with Crippen molar-refractivity contribution >= 4 is 17.3 Å². The Bertz CT molecular complexity index is 536. The van der Waals surface area contributed by atoms with Crippen molar-refractivity contribution in [1.29, 1.82) is 0 Å². The highest BCUT2D eigenvalue weighted by Crippen LogP contribution is 2.32. The normalized spacial score (nSPS) is 10.4. The summed E-state index contributed by atoms with van der Waals surface area (Å²) in [7, 11) is 0. The van der Waals surface area contributed by atoms with E-state index in [2.05, 4.69) is 4.98 Å². The van der Waals surface area contributed by atoms with Gasteiger partial charge in [-0.05, 0) is 18.6 Å². The summed E-state index contributed by atoms with van der Waals surface area (Å²) in [5.74, 6) is -0.630. The van der Waals surface area contributed by atoms with Gasteiger partial charge in [-0.2, -0.15) is 0 Å². The Labute approximate surface area is 102 Å². The second kappa shape index (κ2) is 4.97. The van der Waals surface area contributed by atoms with Crippen molar-refractivity contribution in [2.45, 2.75) is 12.8 Å². The molecule has 2 N–H and O–H groups in total. The van der Waals surface area contributed by atoms with E-state index < -0.39 is 5.97 Å². The maximum Gasteiger partial charge on any atom is 0.303 e. The summed E-state index contributed by atoms with van der Waals surface area (Å²) in [6, 6.07) is 6.97. The highest BCUT2D eigenvalue weighted by Gasteiger charge is 2.09. The van der Waals surface area contributed by atoms with Crippen LogP contribution in [0.15, 0.2) is 30.5 Å². The molecule has 0 radical (unpaired) electrons. The third-order valence-electron chi connectivity index (χ3n) is 2.27. The zero-order valence-corrected chi connectivity index (χ0v) is 9.78. The number of aromatic nitrogens is 1. The Balaban J connectivity index is 2.18. The van der Waals surface area contributed by atoms with Crippen LogP contribution in [0.4, 0.5) is 0 Å². The van der Waals surface area contributed by atoms with Gasteiger partial charge in [0.2, 0.25) is 0 Å². The van der Waals surface area contributed by atoms with Crippen LogP contribution in [0.5, 0.6) is 5.75 Å². The average Bonchev–Trinajstić information content (AvgIpc) is 2.75. The molecule has 2 aromatic rings. The lowest BCUT2D eigenvalue weighted by Gasteiger charge is -1.98. The first-order valence-corrected chi connectivity index (χ1v) is 5.93. The van der Waals surface area contributed by atoms with Crippen molar-refractivity contribution in [3.8, 4) is 16.3 Å². The van der Waals surface area contributed by atoms with E-state index in [4.69, 9.17) is 5.11 Å². The van der Waals surface area contributed by atoms with Crippen LogP contribution in [-0.2, 0) is 11.2 Å². The molecule has 0 atom stereocenters. The van der Waals surface area contributed by atoms with Gasteiger partial charge in [0.1, 0.15) is 10.8 Å². The van der Waals surface area contributed by atoms with Crippen molar-refractivity contribution in [3.63, 3.8) is 0 Å². The van der Waals surface area contributed by atoms with Gasteiger partial charge in [0.25, 0.3) is 0 Å². The van der Waals surface area contributed by atoms with Crippen LogP contribution in [0, 0.1) is 0 Å². The molecule has 17 heavy (non-hydrogen) atoms. The molecule has 0 saturated carbocycles. The van der Waals surface area contributed by atoms with Gasteiger partial charge in [-0.1, -0.05) is 12.1 Å². The van der Waals surface area contributed by atoms with E-state index in [-0.39, 0.29) is 12.2 Å². The number of phenols is 1. The fourth-order valence-corrected chi connectivity index (χ4v) is 2.38. The first-order chi connectivity index (χ1) is 8.16. The molecule has 0 unspecified atom stereocenters. The number of carboxylic acids is 1. The SMILES string of the molecule is O=C(O)CCc1cnc(-c2ccccc2O)s1. The Kier molecular flexibility index (Phi) is 3.39. The molecule has 1 aromatic carbocycles. The second-order valence-electron chi connectivity index (χ2n) is 3.54. The lowest BCUT2D eigenvalue weighted by atomic mass is 10.2. The fourth-order valence-electron chi connectivity index (χ4n) is 1.43. The molecule has 0 spiro atoms. The average molecular weight is 249 g/mol. The van der Waals surface area contributed by atoms with Crippen LogP contribution in [0.25, 0.3) is 10.6 Å². The lowest BCUT2D eigenvalue weighted by molar-refractivity contribution is -0.136. The molecule has 4 nitrogen and oxygen atoms in total. The van der Waals surface area contributed by atoms with Crippen LogP contribution >= 0.6 is 11.3 Å². The monoisotopic (exact) mass is 249 g/mol. The molecule has 2 rings (SSSR count). The number of hydrogen-bond donors (Lipinski definition) is 2. The van der Waals surface area contributed by atoms with Crippen molar-refractivity contribution < 1.29 is 15.0 Å². The summed E-state index contributed by atoms with van der Waals surface area (Å²) < 4.78 is 0. The fraction of sp³-hybridized carbons (Fsp3) is 0.167. The number of phenolic OH excluding ortho intramolecular Hbond substituents is 1. The van der Waals surface area contributed by atoms with Gasteiger partial charge < -0.3 is 10.2 Å². The number of hydrogen-bond acceptors (Lipinski definition) is 4. The Hall–Kier alpha value is -1.88. The summed E-state index contributed by atoms with van der Waals surface area (Å²) in [4.78, 5) is 15.5. The third-order valence-corrected chi connectivity index (χ3v) is 3.36. The second-order valence-corrected chi connectivity index (χ2v) is 4.66. The lowest BCUT2D eigenvalue weighted by Crippen LogP contribution is -1.95. The van der Waals surface area contributed by atoms with E-state index in [9.17, 15) is 9.90 Å². The van der Waals surface area contributed by atoms with Crippen LogP contribution in [-0.4, -0.2) is 21.2 Å². The van der Waals surface area contributed by atoms with E-state index in [1.54, 1.807) is 24.4 Å².